The predicted molar refractivity (Wildman–Crippen MR) is 74.3 cm³/mol. The summed E-state index contributed by atoms with van der Waals surface area (Å²) in [6, 6.07) is 2.23. The third kappa shape index (κ3) is 3.41. The Morgan fingerprint density at radius 3 is 2.21 bits per heavy atom. The molecule has 0 heterocycles. The van der Waals surface area contributed by atoms with Gasteiger partial charge in [0.15, 0.2) is 17.4 Å². The predicted octanol–water partition coefficient (Wildman–Crippen LogP) is 3.56. The van der Waals surface area contributed by atoms with Crippen molar-refractivity contribution in [3.05, 3.63) is 29.3 Å². The number of halogens is 2. The highest BCUT2D eigenvalue weighted by atomic mass is 32.1. The van der Waals surface area contributed by atoms with Gasteiger partial charge in [-0.25, -0.2) is 8.78 Å². The Morgan fingerprint density at radius 2 is 1.74 bits per heavy atom. The van der Waals surface area contributed by atoms with Gasteiger partial charge in [0.05, 0.1) is 6.10 Å². The maximum Gasteiger partial charge on any atom is 0.191 e. The lowest BCUT2D eigenvalue weighted by molar-refractivity contribution is 0.125. The molecule has 0 saturated heterocycles. The van der Waals surface area contributed by atoms with Crippen molar-refractivity contribution in [1.29, 1.82) is 0 Å². The quantitative estimate of drug-likeness (QED) is 0.863. The van der Waals surface area contributed by atoms with E-state index in [1.54, 1.807) is 0 Å². The second-order valence-electron chi connectivity index (χ2n) is 5.13. The Morgan fingerprint density at radius 1 is 1.21 bits per heavy atom. The first kappa shape index (κ1) is 14.2. The first-order chi connectivity index (χ1) is 8.97. The SMILES string of the molecule is CC1CCC(Oc2c(F)cc(C(N)=S)cc2F)CC1. The molecule has 0 aromatic heterocycles. The molecule has 0 amide bonds. The lowest BCUT2D eigenvalue weighted by atomic mass is 9.89. The van der Waals surface area contributed by atoms with E-state index < -0.39 is 11.6 Å². The van der Waals surface area contributed by atoms with Crippen LogP contribution in [0.1, 0.15) is 38.2 Å². The van der Waals surface area contributed by atoms with Crippen LogP contribution in [0.3, 0.4) is 0 Å². The minimum atomic E-state index is -0.749. The van der Waals surface area contributed by atoms with Gasteiger partial charge in [-0.3, -0.25) is 0 Å². The number of ether oxygens (including phenoxy) is 1. The lowest BCUT2D eigenvalue weighted by Crippen LogP contribution is -2.24. The molecule has 2 N–H and O–H groups in total. The summed E-state index contributed by atoms with van der Waals surface area (Å²) in [4.78, 5) is -0.0316. The average molecular weight is 285 g/mol. The summed E-state index contributed by atoms with van der Waals surface area (Å²) in [5, 5.41) is 0. The van der Waals surface area contributed by atoms with E-state index in [0.717, 1.165) is 37.8 Å². The first-order valence-corrected chi connectivity index (χ1v) is 6.83. The molecule has 0 bridgehead atoms. The van der Waals surface area contributed by atoms with Crippen molar-refractivity contribution in [1.82, 2.24) is 0 Å². The number of thiocarbonyl (C=S) groups is 1. The van der Waals surface area contributed by atoms with Crippen LogP contribution in [0, 0.1) is 17.6 Å². The zero-order chi connectivity index (χ0) is 14.0. The molecule has 1 aliphatic rings. The zero-order valence-corrected chi connectivity index (χ0v) is 11.6. The normalized spacial score (nSPS) is 23.1. The van der Waals surface area contributed by atoms with Crippen molar-refractivity contribution in [2.24, 2.45) is 11.7 Å². The van der Waals surface area contributed by atoms with Gasteiger partial charge in [0.1, 0.15) is 4.99 Å². The minimum Gasteiger partial charge on any atom is -0.484 e. The molecule has 104 valence electrons. The van der Waals surface area contributed by atoms with Crippen molar-refractivity contribution >= 4 is 17.2 Å². The van der Waals surface area contributed by atoms with E-state index in [2.05, 4.69) is 6.92 Å². The van der Waals surface area contributed by atoms with Gasteiger partial charge in [-0.1, -0.05) is 19.1 Å². The molecular weight excluding hydrogens is 268 g/mol. The molecule has 1 fully saturated rings. The van der Waals surface area contributed by atoms with Gasteiger partial charge in [0, 0.05) is 5.56 Å². The lowest BCUT2D eigenvalue weighted by Gasteiger charge is -2.27. The van der Waals surface area contributed by atoms with Crippen molar-refractivity contribution in [2.75, 3.05) is 0 Å². The Balaban J connectivity index is 2.14. The summed E-state index contributed by atoms with van der Waals surface area (Å²) in [5.74, 6) is -1.16. The van der Waals surface area contributed by atoms with E-state index in [9.17, 15) is 8.78 Å². The van der Waals surface area contributed by atoms with Gasteiger partial charge in [-0.2, -0.15) is 0 Å². The Labute approximate surface area is 116 Å². The first-order valence-electron chi connectivity index (χ1n) is 6.43. The van der Waals surface area contributed by atoms with Gasteiger partial charge in [-0.15, -0.1) is 0 Å². The molecule has 19 heavy (non-hydrogen) atoms. The van der Waals surface area contributed by atoms with Crippen LogP contribution >= 0.6 is 12.2 Å². The Hall–Kier alpha value is -1.23. The fourth-order valence-corrected chi connectivity index (χ4v) is 2.45. The van der Waals surface area contributed by atoms with E-state index in [1.807, 2.05) is 0 Å². The van der Waals surface area contributed by atoms with Crippen LogP contribution in [0.2, 0.25) is 0 Å². The molecule has 1 saturated carbocycles. The molecule has 2 nitrogen and oxygen atoms in total. The summed E-state index contributed by atoms with van der Waals surface area (Å²) in [6.45, 7) is 2.17. The Kier molecular flexibility index (Phi) is 4.34. The molecule has 0 spiro atoms. The van der Waals surface area contributed by atoms with Crippen LogP contribution in [-0.4, -0.2) is 11.1 Å². The number of benzene rings is 1. The second kappa shape index (κ2) is 5.82. The summed E-state index contributed by atoms with van der Waals surface area (Å²) in [5.41, 5.74) is 5.53. The van der Waals surface area contributed by atoms with Crippen LogP contribution in [0.4, 0.5) is 8.78 Å². The third-order valence-electron chi connectivity index (χ3n) is 3.53. The fraction of sp³-hybridized carbons (Fsp3) is 0.500. The van der Waals surface area contributed by atoms with Crippen molar-refractivity contribution in [2.45, 2.75) is 38.7 Å². The van der Waals surface area contributed by atoms with Gasteiger partial charge >= 0.3 is 0 Å². The van der Waals surface area contributed by atoms with Gasteiger partial charge in [-0.05, 0) is 43.7 Å². The van der Waals surface area contributed by atoms with Crippen LogP contribution in [0.5, 0.6) is 5.75 Å². The molecule has 0 atom stereocenters. The van der Waals surface area contributed by atoms with E-state index in [4.69, 9.17) is 22.7 Å². The van der Waals surface area contributed by atoms with E-state index in [1.165, 1.54) is 0 Å². The van der Waals surface area contributed by atoms with Gasteiger partial charge in [0.25, 0.3) is 0 Å². The van der Waals surface area contributed by atoms with E-state index in [0.29, 0.717) is 5.92 Å². The molecule has 0 unspecified atom stereocenters. The Bertz CT molecular complexity index is 461. The fourth-order valence-electron chi connectivity index (χ4n) is 2.33. The van der Waals surface area contributed by atoms with Crippen LogP contribution < -0.4 is 10.5 Å². The maximum atomic E-state index is 13.8. The average Bonchev–Trinajstić information content (AvgIpc) is 2.35. The highest BCUT2D eigenvalue weighted by Crippen LogP contribution is 2.30. The molecule has 0 aliphatic heterocycles. The highest BCUT2D eigenvalue weighted by Gasteiger charge is 2.23. The van der Waals surface area contributed by atoms with Gasteiger partial charge in [0.2, 0.25) is 0 Å². The third-order valence-corrected chi connectivity index (χ3v) is 3.77. The molecular formula is C14H17F2NOS. The minimum absolute atomic E-state index is 0.0316. The van der Waals surface area contributed by atoms with Crippen LogP contribution in [0.15, 0.2) is 12.1 Å². The van der Waals surface area contributed by atoms with Crippen LogP contribution in [0.25, 0.3) is 0 Å². The molecule has 1 aromatic carbocycles. The number of hydrogen-bond acceptors (Lipinski definition) is 2. The number of rotatable bonds is 3. The summed E-state index contributed by atoms with van der Waals surface area (Å²) < 4.78 is 33.1. The topological polar surface area (TPSA) is 35.2 Å². The highest BCUT2D eigenvalue weighted by molar-refractivity contribution is 7.80. The van der Waals surface area contributed by atoms with Crippen molar-refractivity contribution in [3.63, 3.8) is 0 Å². The monoisotopic (exact) mass is 285 g/mol. The zero-order valence-electron chi connectivity index (χ0n) is 10.8. The molecule has 1 aliphatic carbocycles. The number of hydrogen-bond donors (Lipinski definition) is 1. The second-order valence-corrected chi connectivity index (χ2v) is 5.57. The largest absolute Gasteiger partial charge is 0.484 e. The smallest absolute Gasteiger partial charge is 0.191 e. The molecule has 0 radical (unpaired) electrons. The molecule has 5 heteroatoms. The van der Waals surface area contributed by atoms with Crippen molar-refractivity contribution in [3.8, 4) is 5.75 Å². The number of nitrogens with two attached hydrogens (primary N) is 1. The van der Waals surface area contributed by atoms with Crippen LogP contribution in [-0.2, 0) is 0 Å². The van der Waals surface area contributed by atoms with Gasteiger partial charge < -0.3 is 10.5 Å². The molecule has 1 aromatic rings. The summed E-state index contributed by atoms with van der Waals surface area (Å²) in [6.07, 6.45) is 3.60. The van der Waals surface area contributed by atoms with E-state index in [-0.39, 0.29) is 22.4 Å². The standard InChI is InChI=1S/C14H17F2NOS/c1-8-2-4-10(5-3-8)18-13-11(15)6-9(14(17)19)7-12(13)16/h6-8,10H,2-5H2,1H3,(H2,17,19). The summed E-state index contributed by atoms with van der Waals surface area (Å²) >= 11 is 4.70. The summed E-state index contributed by atoms with van der Waals surface area (Å²) in [7, 11) is 0. The van der Waals surface area contributed by atoms with E-state index >= 15 is 0 Å². The maximum absolute atomic E-state index is 13.8. The molecule has 2 rings (SSSR count). The van der Waals surface area contributed by atoms with Crippen molar-refractivity contribution < 1.29 is 13.5 Å².